The van der Waals surface area contributed by atoms with Gasteiger partial charge in [-0.1, -0.05) is 0 Å². The molecule has 1 saturated carbocycles. The Hall–Kier alpha value is -1.44. The van der Waals surface area contributed by atoms with Crippen molar-refractivity contribution in [1.29, 1.82) is 0 Å². The van der Waals surface area contributed by atoms with Crippen molar-refractivity contribution >= 4 is 11.6 Å². The largest absolute Gasteiger partial charge is 0.396 e. The summed E-state index contributed by atoms with van der Waals surface area (Å²) in [7, 11) is 0. The number of hydrogen-bond donors (Lipinski definition) is 4. The van der Waals surface area contributed by atoms with Crippen LogP contribution >= 0.6 is 0 Å². The zero-order valence-corrected chi connectivity index (χ0v) is 11.9. The number of aliphatic hydroxyl groups excluding tert-OH is 1. The molecule has 1 aromatic heterocycles. The van der Waals surface area contributed by atoms with Crippen molar-refractivity contribution in [2.45, 2.75) is 32.8 Å². The van der Waals surface area contributed by atoms with Gasteiger partial charge in [0.2, 0.25) is 0 Å². The van der Waals surface area contributed by atoms with Gasteiger partial charge in [-0.05, 0) is 31.6 Å². The monoisotopic (exact) mass is 281 g/mol. The molecule has 0 spiro atoms. The number of nitrogens with two attached hydrogens (primary N) is 1. The molecule has 1 aliphatic carbocycles. The highest BCUT2D eigenvalue weighted by molar-refractivity contribution is 5.47. The number of nitrogens with zero attached hydrogens (tertiary/aromatic N) is 2. The smallest absolute Gasteiger partial charge is 0.158 e. The molecule has 7 heteroatoms. The number of nitrogen functional groups attached to an aromatic ring is 1. The molecule has 1 fully saturated rings. The zero-order chi connectivity index (χ0) is 14.4. The van der Waals surface area contributed by atoms with Crippen LogP contribution in [0.5, 0.6) is 0 Å². The SMILES string of the molecule is CCOCc1nc(NN)cc(NCC2(CCO)CC2)n1. The Bertz CT molecular complexity index is 437. The second-order valence-electron chi connectivity index (χ2n) is 5.16. The highest BCUT2D eigenvalue weighted by atomic mass is 16.5. The Labute approximate surface area is 118 Å². The summed E-state index contributed by atoms with van der Waals surface area (Å²) in [6.07, 6.45) is 3.14. The summed E-state index contributed by atoms with van der Waals surface area (Å²) in [5.74, 6) is 7.30. The van der Waals surface area contributed by atoms with Gasteiger partial charge in [0, 0.05) is 25.8 Å². The van der Waals surface area contributed by atoms with E-state index in [1.807, 2.05) is 6.92 Å². The maximum atomic E-state index is 9.07. The lowest BCUT2D eigenvalue weighted by Crippen LogP contribution is -2.19. The average molecular weight is 281 g/mol. The summed E-state index contributed by atoms with van der Waals surface area (Å²) in [4.78, 5) is 8.64. The summed E-state index contributed by atoms with van der Waals surface area (Å²) in [5.41, 5.74) is 2.77. The molecular weight excluding hydrogens is 258 g/mol. The maximum Gasteiger partial charge on any atom is 0.158 e. The lowest BCUT2D eigenvalue weighted by atomic mass is 10.0. The van der Waals surface area contributed by atoms with Gasteiger partial charge in [0.25, 0.3) is 0 Å². The van der Waals surface area contributed by atoms with E-state index in [2.05, 4.69) is 20.7 Å². The summed E-state index contributed by atoms with van der Waals surface area (Å²) < 4.78 is 5.32. The van der Waals surface area contributed by atoms with E-state index >= 15 is 0 Å². The fraction of sp³-hybridized carbons (Fsp3) is 0.692. The standard InChI is InChI=1S/C13H23N5O2/c1-2-20-8-12-16-10(7-11(17-12)18-14)15-9-13(3-4-13)5-6-19/h7,19H,2-6,8-9,14H2,1H3,(H2,15,16,17,18). The van der Waals surface area contributed by atoms with E-state index in [-0.39, 0.29) is 12.0 Å². The van der Waals surface area contributed by atoms with Crippen molar-refractivity contribution in [3.05, 3.63) is 11.9 Å². The highest BCUT2D eigenvalue weighted by Crippen LogP contribution is 2.48. The third-order valence-electron chi connectivity index (χ3n) is 3.60. The van der Waals surface area contributed by atoms with Crippen LogP contribution in [0.1, 0.15) is 32.0 Å². The Kier molecular flexibility index (Phi) is 5.11. The van der Waals surface area contributed by atoms with Crippen LogP contribution in [0.15, 0.2) is 6.07 Å². The lowest BCUT2D eigenvalue weighted by molar-refractivity contribution is 0.128. The van der Waals surface area contributed by atoms with Crippen molar-refractivity contribution in [2.24, 2.45) is 11.3 Å². The van der Waals surface area contributed by atoms with Crippen molar-refractivity contribution in [3.63, 3.8) is 0 Å². The second kappa shape index (κ2) is 6.83. The normalized spacial score (nSPS) is 15.9. The number of anilines is 2. The summed E-state index contributed by atoms with van der Waals surface area (Å²) in [5, 5.41) is 12.4. The van der Waals surface area contributed by atoms with Gasteiger partial charge < -0.3 is 20.6 Å². The Morgan fingerprint density at radius 3 is 2.75 bits per heavy atom. The van der Waals surface area contributed by atoms with Crippen molar-refractivity contribution < 1.29 is 9.84 Å². The van der Waals surface area contributed by atoms with Gasteiger partial charge in [0.05, 0.1) is 0 Å². The minimum absolute atomic E-state index is 0.232. The molecule has 7 nitrogen and oxygen atoms in total. The maximum absolute atomic E-state index is 9.07. The first-order valence-electron chi connectivity index (χ1n) is 6.98. The molecule has 112 valence electrons. The van der Waals surface area contributed by atoms with E-state index in [0.717, 1.165) is 31.6 Å². The molecule has 1 aliphatic rings. The van der Waals surface area contributed by atoms with Gasteiger partial charge in [-0.2, -0.15) is 0 Å². The molecule has 2 rings (SSSR count). The third-order valence-corrected chi connectivity index (χ3v) is 3.60. The molecule has 0 saturated heterocycles. The number of rotatable bonds is 9. The van der Waals surface area contributed by atoms with E-state index in [1.165, 1.54) is 0 Å². The molecule has 0 amide bonds. The van der Waals surface area contributed by atoms with Crippen molar-refractivity contribution in [2.75, 3.05) is 30.5 Å². The molecule has 1 aromatic rings. The molecule has 0 aliphatic heterocycles. The van der Waals surface area contributed by atoms with Gasteiger partial charge in [-0.15, -0.1) is 0 Å². The molecule has 0 bridgehead atoms. The fourth-order valence-electron chi connectivity index (χ4n) is 2.13. The van der Waals surface area contributed by atoms with Crippen LogP contribution in [-0.2, 0) is 11.3 Å². The van der Waals surface area contributed by atoms with Crippen LogP contribution in [0.25, 0.3) is 0 Å². The lowest BCUT2D eigenvalue weighted by Gasteiger charge is -2.16. The zero-order valence-electron chi connectivity index (χ0n) is 11.9. The average Bonchev–Trinajstić information content (AvgIpc) is 3.23. The molecule has 0 atom stereocenters. The van der Waals surface area contributed by atoms with Gasteiger partial charge in [0.1, 0.15) is 18.2 Å². The summed E-state index contributed by atoms with van der Waals surface area (Å²) in [6, 6.07) is 1.77. The number of nitrogens with one attached hydrogen (secondary N) is 2. The van der Waals surface area contributed by atoms with E-state index in [9.17, 15) is 0 Å². The molecule has 5 N–H and O–H groups in total. The van der Waals surface area contributed by atoms with Crippen LogP contribution < -0.4 is 16.6 Å². The first-order chi connectivity index (χ1) is 9.71. The molecule has 20 heavy (non-hydrogen) atoms. The minimum Gasteiger partial charge on any atom is -0.396 e. The predicted octanol–water partition coefficient (Wildman–Crippen LogP) is 0.873. The second-order valence-corrected chi connectivity index (χ2v) is 5.16. The number of hydrogen-bond acceptors (Lipinski definition) is 7. The highest BCUT2D eigenvalue weighted by Gasteiger charge is 2.41. The van der Waals surface area contributed by atoms with Crippen LogP contribution in [0, 0.1) is 5.41 Å². The Morgan fingerprint density at radius 2 is 2.15 bits per heavy atom. The van der Waals surface area contributed by atoms with Crippen LogP contribution in [0.2, 0.25) is 0 Å². The fourth-order valence-corrected chi connectivity index (χ4v) is 2.13. The molecule has 0 unspecified atom stereocenters. The molecule has 0 radical (unpaired) electrons. The molecule has 0 aromatic carbocycles. The number of ether oxygens (including phenoxy) is 1. The van der Waals surface area contributed by atoms with E-state index < -0.39 is 0 Å². The minimum atomic E-state index is 0.232. The third kappa shape index (κ3) is 4.03. The Morgan fingerprint density at radius 1 is 1.40 bits per heavy atom. The number of aromatic nitrogens is 2. The van der Waals surface area contributed by atoms with Gasteiger partial charge in [-0.25, -0.2) is 15.8 Å². The van der Waals surface area contributed by atoms with Gasteiger partial charge in [-0.3, -0.25) is 0 Å². The predicted molar refractivity (Wildman–Crippen MR) is 77.0 cm³/mol. The van der Waals surface area contributed by atoms with Gasteiger partial charge >= 0.3 is 0 Å². The van der Waals surface area contributed by atoms with Gasteiger partial charge in [0.15, 0.2) is 5.82 Å². The first-order valence-corrected chi connectivity index (χ1v) is 6.98. The first kappa shape index (κ1) is 15.0. The van der Waals surface area contributed by atoms with Crippen LogP contribution in [0.3, 0.4) is 0 Å². The molecule has 1 heterocycles. The summed E-state index contributed by atoms with van der Waals surface area (Å²) >= 11 is 0. The topological polar surface area (TPSA) is 105 Å². The number of aliphatic hydroxyl groups is 1. The van der Waals surface area contributed by atoms with Crippen LogP contribution in [0.4, 0.5) is 11.6 Å². The van der Waals surface area contributed by atoms with E-state index in [1.54, 1.807) is 6.07 Å². The molecular formula is C13H23N5O2. The Balaban J connectivity index is 1.99. The number of hydrazine groups is 1. The van der Waals surface area contributed by atoms with Crippen molar-refractivity contribution in [1.82, 2.24) is 9.97 Å². The summed E-state index contributed by atoms with van der Waals surface area (Å²) in [6.45, 7) is 3.95. The quantitative estimate of drug-likeness (QED) is 0.393. The van der Waals surface area contributed by atoms with E-state index in [0.29, 0.717) is 24.9 Å². The van der Waals surface area contributed by atoms with Crippen molar-refractivity contribution in [3.8, 4) is 0 Å². The van der Waals surface area contributed by atoms with E-state index in [4.69, 9.17) is 15.7 Å². The van der Waals surface area contributed by atoms with Crippen LogP contribution in [-0.4, -0.2) is 34.8 Å².